The number of allylic oxidation sites excluding steroid dienone is 2. The molecule has 1 nitrogen and oxygen atoms in total. The van der Waals surface area contributed by atoms with E-state index in [4.69, 9.17) is 5.73 Å². The number of hydrogen-bond donors (Lipinski definition) is 1. The van der Waals surface area contributed by atoms with E-state index in [1.807, 2.05) is 6.08 Å². The van der Waals surface area contributed by atoms with Crippen LogP contribution in [0.2, 0.25) is 0 Å². The first-order chi connectivity index (χ1) is 4.16. The molecule has 52 valence electrons. The molecule has 0 amide bonds. The zero-order chi connectivity index (χ0) is 7.28. The highest BCUT2D eigenvalue weighted by atomic mass is 14.5. The Hall–Kier alpha value is -0.720. The number of rotatable bonds is 3. The minimum absolute atomic E-state index is 0.616. The van der Waals surface area contributed by atoms with E-state index in [0.717, 1.165) is 6.42 Å². The average molecular weight is 125 g/mol. The molecule has 0 aromatic rings. The topological polar surface area (TPSA) is 26.0 Å². The van der Waals surface area contributed by atoms with Crippen LogP contribution in [0, 0.1) is 5.92 Å². The highest BCUT2D eigenvalue weighted by Gasteiger charge is 1.88. The first kappa shape index (κ1) is 8.28. The van der Waals surface area contributed by atoms with Crippen molar-refractivity contribution in [2.24, 2.45) is 11.7 Å². The third kappa shape index (κ3) is 5.15. The van der Waals surface area contributed by atoms with Gasteiger partial charge in [-0.25, -0.2) is 0 Å². The first-order valence-corrected chi connectivity index (χ1v) is 3.29. The molecule has 0 aliphatic heterocycles. The van der Waals surface area contributed by atoms with Crippen molar-refractivity contribution in [3.63, 3.8) is 0 Å². The molecule has 0 rings (SSSR count). The summed E-state index contributed by atoms with van der Waals surface area (Å²) in [4.78, 5) is 0. The van der Waals surface area contributed by atoms with Gasteiger partial charge in [0.15, 0.2) is 0 Å². The van der Waals surface area contributed by atoms with Crippen molar-refractivity contribution >= 4 is 0 Å². The summed E-state index contributed by atoms with van der Waals surface area (Å²) in [5.74, 6) is 0.616. The Morgan fingerprint density at radius 2 is 2.33 bits per heavy atom. The average Bonchev–Trinajstić information content (AvgIpc) is 1.83. The van der Waals surface area contributed by atoms with Gasteiger partial charge in [0.2, 0.25) is 0 Å². The quantitative estimate of drug-likeness (QED) is 0.574. The standard InChI is InChI=1S/C8H15N/c1-4-7(2)5-6-8(3)9/h5-7H,3-4,9H2,1-2H3/b6-5-. The van der Waals surface area contributed by atoms with Gasteiger partial charge in [-0.3, -0.25) is 0 Å². The maximum Gasteiger partial charge on any atom is 0.0237 e. The predicted molar refractivity (Wildman–Crippen MR) is 41.9 cm³/mol. The normalized spacial score (nSPS) is 14.0. The summed E-state index contributed by atoms with van der Waals surface area (Å²) in [7, 11) is 0. The van der Waals surface area contributed by atoms with E-state index < -0.39 is 0 Å². The Morgan fingerprint density at radius 1 is 1.78 bits per heavy atom. The Labute approximate surface area is 57.3 Å². The van der Waals surface area contributed by atoms with Gasteiger partial charge in [-0.1, -0.05) is 32.9 Å². The van der Waals surface area contributed by atoms with Gasteiger partial charge in [0.05, 0.1) is 0 Å². The molecule has 1 atom stereocenters. The zero-order valence-corrected chi connectivity index (χ0v) is 6.22. The monoisotopic (exact) mass is 125 g/mol. The lowest BCUT2D eigenvalue weighted by Gasteiger charge is -1.97. The summed E-state index contributed by atoms with van der Waals surface area (Å²) < 4.78 is 0. The van der Waals surface area contributed by atoms with Gasteiger partial charge in [-0.2, -0.15) is 0 Å². The summed E-state index contributed by atoms with van der Waals surface area (Å²) in [5.41, 5.74) is 5.95. The molecule has 0 radical (unpaired) electrons. The van der Waals surface area contributed by atoms with E-state index in [1.165, 1.54) is 0 Å². The lowest BCUT2D eigenvalue weighted by Crippen LogP contribution is -1.91. The van der Waals surface area contributed by atoms with Crippen LogP contribution in [0.1, 0.15) is 20.3 Å². The second-order valence-electron chi connectivity index (χ2n) is 2.32. The lowest BCUT2D eigenvalue weighted by atomic mass is 10.1. The van der Waals surface area contributed by atoms with Crippen LogP contribution in [0.15, 0.2) is 24.4 Å². The maximum atomic E-state index is 5.31. The summed E-state index contributed by atoms with van der Waals surface area (Å²) in [5, 5.41) is 0. The second-order valence-corrected chi connectivity index (χ2v) is 2.32. The Morgan fingerprint density at radius 3 is 2.67 bits per heavy atom. The highest BCUT2D eigenvalue weighted by Crippen LogP contribution is 2.01. The van der Waals surface area contributed by atoms with Gasteiger partial charge in [-0.15, -0.1) is 0 Å². The van der Waals surface area contributed by atoms with E-state index in [9.17, 15) is 0 Å². The van der Waals surface area contributed by atoms with Gasteiger partial charge in [0.1, 0.15) is 0 Å². The van der Waals surface area contributed by atoms with Crippen molar-refractivity contribution in [1.29, 1.82) is 0 Å². The molecule has 2 N–H and O–H groups in total. The minimum atomic E-state index is 0.616. The Balaban J connectivity index is 3.56. The number of nitrogens with two attached hydrogens (primary N) is 1. The molecule has 0 aliphatic rings. The van der Waals surface area contributed by atoms with E-state index in [2.05, 4.69) is 26.5 Å². The van der Waals surface area contributed by atoms with Gasteiger partial charge in [-0.05, 0) is 12.0 Å². The highest BCUT2D eigenvalue weighted by molar-refractivity contribution is 5.10. The summed E-state index contributed by atoms with van der Waals surface area (Å²) >= 11 is 0. The first-order valence-electron chi connectivity index (χ1n) is 3.29. The molecule has 0 bridgehead atoms. The molecule has 0 saturated carbocycles. The van der Waals surface area contributed by atoms with Crippen LogP contribution in [0.3, 0.4) is 0 Å². The van der Waals surface area contributed by atoms with Crippen molar-refractivity contribution in [3.05, 3.63) is 24.4 Å². The van der Waals surface area contributed by atoms with Gasteiger partial charge in [0.25, 0.3) is 0 Å². The van der Waals surface area contributed by atoms with Crippen LogP contribution in [-0.4, -0.2) is 0 Å². The molecule has 0 aromatic heterocycles. The fraction of sp³-hybridized carbons (Fsp3) is 0.500. The predicted octanol–water partition coefficient (Wildman–Crippen LogP) is 2.06. The molecule has 0 spiro atoms. The lowest BCUT2D eigenvalue weighted by molar-refractivity contribution is 0.698. The van der Waals surface area contributed by atoms with Gasteiger partial charge < -0.3 is 5.73 Å². The van der Waals surface area contributed by atoms with Crippen LogP contribution >= 0.6 is 0 Å². The van der Waals surface area contributed by atoms with E-state index in [1.54, 1.807) is 0 Å². The third-order valence-electron chi connectivity index (χ3n) is 1.28. The summed E-state index contributed by atoms with van der Waals surface area (Å²) in [6.07, 6.45) is 5.08. The van der Waals surface area contributed by atoms with Gasteiger partial charge in [0, 0.05) is 5.70 Å². The van der Waals surface area contributed by atoms with E-state index >= 15 is 0 Å². The summed E-state index contributed by atoms with van der Waals surface area (Å²) in [6.45, 7) is 7.85. The number of hydrogen-bond acceptors (Lipinski definition) is 1. The molecule has 0 heterocycles. The molecule has 0 fully saturated rings. The molecular weight excluding hydrogens is 110 g/mol. The smallest absolute Gasteiger partial charge is 0.0237 e. The van der Waals surface area contributed by atoms with Crippen molar-refractivity contribution in [1.82, 2.24) is 0 Å². The molecular formula is C8H15N. The van der Waals surface area contributed by atoms with Crippen molar-refractivity contribution in [3.8, 4) is 0 Å². The SMILES string of the molecule is C=C(N)/C=C\C(C)CC. The van der Waals surface area contributed by atoms with Crippen LogP contribution in [0.25, 0.3) is 0 Å². The van der Waals surface area contributed by atoms with Crippen LogP contribution in [-0.2, 0) is 0 Å². The maximum absolute atomic E-state index is 5.31. The largest absolute Gasteiger partial charge is 0.399 e. The fourth-order valence-corrected chi connectivity index (χ4v) is 0.424. The minimum Gasteiger partial charge on any atom is -0.399 e. The molecule has 1 heteroatoms. The van der Waals surface area contributed by atoms with Crippen LogP contribution in [0.4, 0.5) is 0 Å². The van der Waals surface area contributed by atoms with Crippen molar-refractivity contribution in [2.45, 2.75) is 20.3 Å². The second kappa shape index (κ2) is 4.19. The van der Waals surface area contributed by atoms with E-state index in [-0.39, 0.29) is 0 Å². The van der Waals surface area contributed by atoms with Crippen LogP contribution < -0.4 is 5.73 Å². The van der Waals surface area contributed by atoms with E-state index in [0.29, 0.717) is 11.6 Å². The zero-order valence-electron chi connectivity index (χ0n) is 6.22. The molecule has 0 aliphatic carbocycles. The van der Waals surface area contributed by atoms with Gasteiger partial charge >= 0.3 is 0 Å². The fourth-order valence-electron chi connectivity index (χ4n) is 0.424. The van der Waals surface area contributed by atoms with Crippen LogP contribution in [0.5, 0.6) is 0 Å². The molecule has 1 unspecified atom stereocenters. The summed E-state index contributed by atoms with van der Waals surface area (Å²) in [6, 6.07) is 0. The third-order valence-corrected chi connectivity index (χ3v) is 1.28. The Bertz CT molecular complexity index is 114. The molecule has 0 saturated heterocycles. The molecule has 0 aromatic carbocycles. The molecule has 9 heavy (non-hydrogen) atoms. The van der Waals surface area contributed by atoms with Crippen molar-refractivity contribution in [2.75, 3.05) is 0 Å². The van der Waals surface area contributed by atoms with Crippen molar-refractivity contribution < 1.29 is 0 Å². The Kier molecular flexibility index (Phi) is 3.85.